The van der Waals surface area contributed by atoms with Gasteiger partial charge in [0.05, 0.1) is 13.7 Å². The van der Waals surface area contributed by atoms with E-state index in [0.29, 0.717) is 43.4 Å². The van der Waals surface area contributed by atoms with E-state index in [4.69, 9.17) is 18.9 Å². The van der Waals surface area contributed by atoms with Crippen molar-refractivity contribution >= 4 is 12.0 Å². The Morgan fingerprint density at radius 3 is 2.28 bits per heavy atom. The van der Waals surface area contributed by atoms with Gasteiger partial charge in [-0.05, 0) is 74.6 Å². The van der Waals surface area contributed by atoms with Crippen LogP contribution in [0.3, 0.4) is 0 Å². The minimum Gasteiger partial charge on any atom is -0.497 e. The van der Waals surface area contributed by atoms with Gasteiger partial charge in [0.1, 0.15) is 17.2 Å². The zero-order valence-corrected chi connectivity index (χ0v) is 24.1. The van der Waals surface area contributed by atoms with Gasteiger partial charge in [-0.1, -0.05) is 6.07 Å². The van der Waals surface area contributed by atoms with Gasteiger partial charge in [-0.2, -0.15) is 0 Å². The van der Waals surface area contributed by atoms with Gasteiger partial charge in [-0.25, -0.2) is 4.79 Å². The lowest BCUT2D eigenvalue weighted by Crippen LogP contribution is -2.44. The third-order valence-electron chi connectivity index (χ3n) is 7.07. The van der Waals surface area contributed by atoms with E-state index in [1.807, 2.05) is 43.9 Å². The Hall–Kier alpha value is -3.30. The van der Waals surface area contributed by atoms with Gasteiger partial charge in [0.15, 0.2) is 0 Å². The molecular formula is C30H43N3O6. The number of ether oxygens (including phenoxy) is 4. The van der Waals surface area contributed by atoms with Crippen LogP contribution >= 0.6 is 0 Å². The summed E-state index contributed by atoms with van der Waals surface area (Å²) < 4.78 is 21.7. The van der Waals surface area contributed by atoms with Crippen molar-refractivity contribution in [3.8, 4) is 17.2 Å². The van der Waals surface area contributed by atoms with Gasteiger partial charge < -0.3 is 34.1 Å². The van der Waals surface area contributed by atoms with Crippen LogP contribution in [0.25, 0.3) is 0 Å². The summed E-state index contributed by atoms with van der Waals surface area (Å²) in [7, 11) is 5.00. The van der Waals surface area contributed by atoms with Crippen molar-refractivity contribution in [3.05, 3.63) is 53.6 Å². The van der Waals surface area contributed by atoms with Crippen LogP contribution in [0, 0.1) is 18.8 Å². The van der Waals surface area contributed by atoms with Gasteiger partial charge in [0, 0.05) is 65.0 Å². The number of carbonyl (C=O) groups is 2. The third-order valence-corrected chi connectivity index (χ3v) is 7.07. The second-order valence-electron chi connectivity index (χ2n) is 10.3. The number of benzene rings is 2. The molecule has 1 aliphatic heterocycles. The van der Waals surface area contributed by atoms with E-state index in [9.17, 15) is 9.59 Å². The molecule has 2 aromatic rings. The summed E-state index contributed by atoms with van der Waals surface area (Å²) >= 11 is 0. The highest BCUT2D eigenvalue weighted by molar-refractivity contribution is 5.95. The number of hydrogen-bond donors (Lipinski definition) is 1. The van der Waals surface area contributed by atoms with E-state index in [1.165, 1.54) is 0 Å². The number of aryl methyl sites for hydroxylation is 1. The van der Waals surface area contributed by atoms with Crippen molar-refractivity contribution in [1.82, 2.24) is 15.1 Å². The van der Waals surface area contributed by atoms with E-state index >= 15 is 0 Å². The maximum atomic E-state index is 13.6. The molecule has 0 saturated carbocycles. The summed E-state index contributed by atoms with van der Waals surface area (Å²) in [4.78, 5) is 29.9. The fourth-order valence-electron chi connectivity index (χ4n) is 4.68. The molecule has 1 fully saturated rings. The fourth-order valence-corrected chi connectivity index (χ4v) is 4.68. The van der Waals surface area contributed by atoms with E-state index in [1.54, 1.807) is 50.4 Å². The third kappa shape index (κ3) is 8.60. The van der Waals surface area contributed by atoms with Gasteiger partial charge in [-0.3, -0.25) is 4.79 Å². The maximum absolute atomic E-state index is 13.6. The summed E-state index contributed by atoms with van der Waals surface area (Å²) in [6.45, 7) is 9.87. The van der Waals surface area contributed by atoms with Crippen molar-refractivity contribution in [2.45, 2.75) is 33.2 Å². The van der Waals surface area contributed by atoms with Crippen LogP contribution in [0.15, 0.2) is 42.5 Å². The zero-order valence-electron chi connectivity index (χ0n) is 24.1. The maximum Gasteiger partial charge on any atom is 0.414 e. The lowest BCUT2D eigenvalue weighted by molar-refractivity contribution is 0.0652. The van der Waals surface area contributed by atoms with Crippen LogP contribution in [0.2, 0.25) is 0 Å². The average Bonchev–Trinajstić information content (AvgIpc) is 3.36. The smallest absolute Gasteiger partial charge is 0.414 e. The first-order valence-corrected chi connectivity index (χ1v) is 13.5. The predicted octanol–water partition coefficient (Wildman–Crippen LogP) is 4.24. The quantitative estimate of drug-likeness (QED) is 0.380. The van der Waals surface area contributed by atoms with Gasteiger partial charge in [0.2, 0.25) is 0 Å². The first-order valence-electron chi connectivity index (χ1n) is 13.5. The molecule has 9 nitrogen and oxygen atoms in total. The molecular weight excluding hydrogens is 498 g/mol. The standard InChI is InChI=1S/C30H43N3O6/c1-21(2)33(29(34)23-9-8-22(3)28(16-23)38-15-7-14-36-5)20-25-18-31-17-24(25)19-32(4)30(35)39-27-12-10-26(37-6)11-13-27/h8-13,16,21,24-25,31H,7,14-15,17-20H2,1-6H3/t24?,25-/m0/s1. The molecule has 9 heteroatoms. The highest BCUT2D eigenvalue weighted by Gasteiger charge is 2.33. The second kappa shape index (κ2) is 14.7. The van der Waals surface area contributed by atoms with Crippen molar-refractivity contribution < 1.29 is 28.5 Å². The van der Waals surface area contributed by atoms with Gasteiger partial charge >= 0.3 is 6.09 Å². The first-order chi connectivity index (χ1) is 18.7. The van der Waals surface area contributed by atoms with Crippen LogP contribution in [0.4, 0.5) is 4.79 Å². The SMILES string of the molecule is COCCCOc1cc(C(=O)N(C[C@@H]2CNCC2CN(C)C(=O)Oc2ccc(OC)cc2)C(C)C)ccc1C. The molecule has 0 aliphatic carbocycles. The molecule has 1 unspecified atom stereocenters. The largest absolute Gasteiger partial charge is 0.497 e. The summed E-state index contributed by atoms with van der Waals surface area (Å²) in [5.74, 6) is 2.24. The predicted molar refractivity (Wildman–Crippen MR) is 151 cm³/mol. The Bertz CT molecular complexity index is 1070. The molecule has 0 bridgehead atoms. The van der Waals surface area contributed by atoms with Gasteiger partial charge in [0.25, 0.3) is 5.91 Å². The zero-order chi connectivity index (χ0) is 28.4. The number of nitrogens with zero attached hydrogens (tertiary/aromatic N) is 2. The molecule has 3 rings (SSSR count). The molecule has 2 atom stereocenters. The Labute approximate surface area is 232 Å². The normalized spacial score (nSPS) is 16.7. The molecule has 0 aromatic heterocycles. The van der Waals surface area contributed by atoms with Crippen LogP contribution in [0.1, 0.15) is 36.2 Å². The minimum absolute atomic E-state index is 0.0175. The molecule has 2 amide bonds. The highest BCUT2D eigenvalue weighted by atomic mass is 16.6. The fraction of sp³-hybridized carbons (Fsp3) is 0.533. The van der Waals surface area contributed by atoms with Crippen LogP contribution < -0.4 is 19.5 Å². The Kier molecular flexibility index (Phi) is 11.4. The number of amides is 2. The van der Waals surface area contributed by atoms with Crippen LogP contribution in [-0.4, -0.2) is 88.5 Å². The van der Waals surface area contributed by atoms with Gasteiger partial charge in [-0.15, -0.1) is 0 Å². The van der Waals surface area contributed by atoms with E-state index in [-0.39, 0.29) is 23.8 Å². The van der Waals surface area contributed by atoms with Crippen molar-refractivity contribution in [2.24, 2.45) is 11.8 Å². The number of methoxy groups -OCH3 is 2. The number of rotatable bonds is 13. The van der Waals surface area contributed by atoms with E-state index in [0.717, 1.165) is 30.8 Å². The number of hydrogen-bond acceptors (Lipinski definition) is 7. The molecule has 214 valence electrons. The molecule has 39 heavy (non-hydrogen) atoms. The first kappa shape index (κ1) is 30.2. The minimum atomic E-state index is -0.416. The van der Waals surface area contributed by atoms with E-state index in [2.05, 4.69) is 5.32 Å². The van der Waals surface area contributed by atoms with Crippen molar-refractivity contribution in [2.75, 3.05) is 60.7 Å². The Morgan fingerprint density at radius 1 is 0.974 bits per heavy atom. The van der Waals surface area contributed by atoms with Crippen LogP contribution in [0.5, 0.6) is 17.2 Å². The second-order valence-corrected chi connectivity index (χ2v) is 10.3. The summed E-state index contributed by atoms with van der Waals surface area (Å²) in [6.07, 6.45) is 0.366. The summed E-state index contributed by atoms with van der Waals surface area (Å²) in [5, 5.41) is 3.44. The molecule has 1 aliphatic rings. The number of carbonyl (C=O) groups excluding carboxylic acids is 2. The molecule has 2 aromatic carbocycles. The Morgan fingerprint density at radius 2 is 1.64 bits per heavy atom. The molecule has 1 N–H and O–H groups in total. The lowest BCUT2D eigenvalue weighted by atomic mass is 9.94. The Balaban J connectivity index is 1.62. The average molecular weight is 542 g/mol. The molecule has 1 heterocycles. The topological polar surface area (TPSA) is 89.6 Å². The number of nitrogens with one attached hydrogen (secondary N) is 1. The highest BCUT2D eigenvalue weighted by Crippen LogP contribution is 2.25. The molecule has 0 spiro atoms. The van der Waals surface area contributed by atoms with Crippen LogP contribution in [-0.2, 0) is 4.74 Å². The monoisotopic (exact) mass is 541 g/mol. The molecule has 0 radical (unpaired) electrons. The van der Waals surface area contributed by atoms with Crippen molar-refractivity contribution in [3.63, 3.8) is 0 Å². The lowest BCUT2D eigenvalue weighted by Gasteiger charge is -2.32. The van der Waals surface area contributed by atoms with Crippen molar-refractivity contribution in [1.29, 1.82) is 0 Å². The summed E-state index contributed by atoms with van der Waals surface area (Å²) in [5.41, 5.74) is 1.60. The summed E-state index contributed by atoms with van der Waals surface area (Å²) in [6, 6.07) is 12.6. The molecule has 1 saturated heterocycles. The van der Waals surface area contributed by atoms with E-state index < -0.39 is 6.09 Å².